The van der Waals surface area contributed by atoms with Crippen LogP contribution in [0.2, 0.25) is 0 Å². The number of esters is 3. The van der Waals surface area contributed by atoms with E-state index in [-0.39, 0.29) is 16.7 Å². The fraction of sp³-hybridized carbons (Fsp3) is 0.226. The molecule has 5 unspecified atom stereocenters. The molecule has 1 aliphatic rings. The maximum absolute atomic E-state index is 13.2. The van der Waals surface area contributed by atoms with Crippen molar-refractivity contribution < 1.29 is 38.1 Å². The topological polar surface area (TPSA) is 105 Å². The third-order valence-electron chi connectivity index (χ3n) is 6.03. The summed E-state index contributed by atoms with van der Waals surface area (Å²) in [4.78, 5) is 51.7. The van der Waals surface area contributed by atoms with Gasteiger partial charge in [0.05, 0.1) is 16.7 Å². The summed E-state index contributed by atoms with van der Waals surface area (Å²) in [6, 6.07) is 24.7. The van der Waals surface area contributed by atoms with Crippen LogP contribution < -0.4 is 0 Å². The second-order valence-electron chi connectivity index (χ2n) is 8.76. The molecule has 0 amide bonds. The van der Waals surface area contributed by atoms with Gasteiger partial charge in [-0.05, 0) is 48.6 Å². The van der Waals surface area contributed by atoms with Crippen molar-refractivity contribution in [3.63, 3.8) is 0 Å². The molecular weight excluding hydrogens is 532 g/mol. The number of rotatable bonds is 11. The van der Waals surface area contributed by atoms with Crippen LogP contribution in [0, 0.1) is 0 Å². The number of benzene rings is 3. The van der Waals surface area contributed by atoms with Gasteiger partial charge in [-0.3, -0.25) is 0 Å². The maximum Gasteiger partial charge on any atom is 0.338 e. The molecule has 40 heavy (non-hydrogen) atoms. The molecular formula is C31H28O8S. The van der Waals surface area contributed by atoms with E-state index in [1.807, 2.05) is 0 Å². The van der Waals surface area contributed by atoms with E-state index >= 15 is 0 Å². The highest BCUT2D eigenvalue weighted by molar-refractivity contribution is 7.99. The van der Waals surface area contributed by atoms with Crippen molar-refractivity contribution in [2.24, 2.45) is 0 Å². The van der Waals surface area contributed by atoms with E-state index in [0.717, 1.165) is 0 Å². The van der Waals surface area contributed by atoms with Gasteiger partial charge < -0.3 is 23.7 Å². The molecule has 0 spiro atoms. The minimum atomic E-state index is -1.40. The van der Waals surface area contributed by atoms with Gasteiger partial charge in [0.15, 0.2) is 30.7 Å². The number of aldehydes is 1. The van der Waals surface area contributed by atoms with Crippen LogP contribution in [0.15, 0.2) is 104 Å². The zero-order valence-electron chi connectivity index (χ0n) is 21.5. The Balaban J connectivity index is 1.71. The van der Waals surface area contributed by atoms with Crippen LogP contribution in [0.3, 0.4) is 0 Å². The Labute approximate surface area is 236 Å². The van der Waals surface area contributed by atoms with E-state index in [1.54, 1.807) is 97.1 Å². The Morgan fingerprint density at radius 2 is 1.12 bits per heavy atom. The molecule has 1 saturated heterocycles. The van der Waals surface area contributed by atoms with Crippen LogP contribution in [0.25, 0.3) is 0 Å². The number of allylic oxidation sites excluding steroid dienone is 1. The van der Waals surface area contributed by atoms with Gasteiger partial charge in [-0.1, -0.05) is 60.7 Å². The van der Waals surface area contributed by atoms with E-state index in [2.05, 4.69) is 6.58 Å². The molecule has 0 aliphatic carbocycles. The molecule has 5 atom stereocenters. The smallest absolute Gasteiger partial charge is 0.338 e. The van der Waals surface area contributed by atoms with Crippen molar-refractivity contribution in [3.8, 4) is 0 Å². The summed E-state index contributed by atoms with van der Waals surface area (Å²) in [5.74, 6) is -1.67. The Bertz CT molecular complexity index is 1300. The largest absolute Gasteiger partial charge is 0.451 e. The second kappa shape index (κ2) is 14.3. The Hall–Kier alpha value is -4.21. The number of hydrogen-bond donors (Lipinski definition) is 0. The molecule has 206 valence electrons. The SMILES string of the molecule is C=CCCSC1OC(C=O)C(OC(=O)c2ccccc2)C(OC(=O)c2ccccc2)C1OC(=O)c1ccccc1. The van der Waals surface area contributed by atoms with Crippen molar-refractivity contribution in [2.75, 3.05) is 5.75 Å². The zero-order chi connectivity index (χ0) is 28.3. The summed E-state index contributed by atoms with van der Waals surface area (Å²) in [5, 5.41) is 0. The van der Waals surface area contributed by atoms with Gasteiger partial charge in [-0.15, -0.1) is 18.3 Å². The molecule has 9 heteroatoms. The average Bonchev–Trinajstić information content (AvgIpc) is 3.00. The van der Waals surface area contributed by atoms with E-state index in [4.69, 9.17) is 18.9 Å². The molecule has 4 rings (SSSR count). The van der Waals surface area contributed by atoms with Gasteiger partial charge in [0.25, 0.3) is 0 Å². The van der Waals surface area contributed by atoms with Crippen LogP contribution in [-0.2, 0) is 23.7 Å². The summed E-state index contributed by atoms with van der Waals surface area (Å²) >= 11 is 1.27. The standard InChI is InChI=1S/C31H28O8S/c1-2-3-19-40-31-27(39-30(35)23-17-11-6-12-18-23)26(38-29(34)22-15-9-5-10-16-22)25(24(20-32)36-31)37-28(33)21-13-7-4-8-14-21/h2,4-18,20,24-27,31H,1,3,19H2. The van der Waals surface area contributed by atoms with Crippen LogP contribution in [0.4, 0.5) is 0 Å². The molecule has 0 N–H and O–H groups in total. The van der Waals surface area contributed by atoms with Gasteiger partial charge >= 0.3 is 17.9 Å². The monoisotopic (exact) mass is 560 g/mol. The van der Waals surface area contributed by atoms with Gasteiger partial charge in [0, 0.05) is 0 Å². The van der Waals surface area contributed by atoms with E-state index in [1.165, 1.54) is 11.8 Å². The molecule has 1 heterocycles. The third kappa shape index (κ3) is 7.25. The zero-order valence-corrected chi connectivity index (χ0v) is 22.3. The highest BCUT2D eigenvalue weighted by Gasteiger charge is 2.52. The first-order valence-corrected chi connectivity index (χ1v) is 13.7. The number of ether oxygens (including phenoxy) is 4. The van der Waals surface area contributed by atoms with Crippen molar-refractivity contribution in [3.05, 3.63) is 120 Å². The molecule has 1 aliphatic heterocycles. The molecule has 3 aromatic rings. The molecule has 0 saturated carbocycles. The third-order valence-corrected chi connectivity index (χ3v) is 7.21. The first-order valence-electron chi connectivity index (χ1n) is 12.6. The van der Waals surface area contributed by atoms with Gasteiger partial charge in [0.2, 0.25) is 0 Å². The van der Waals surface area contributed by atoms with Crippen LogP contribution in [0.5, 0.6) is 0 Å². The minimum Gasteiger partial charge on any atom is -0.451 e. The average molecular weight is 561 g/mol. The summed E-state index contributed by atoms with van der Waals surface area (Å²) in [7, 11) is 0. The fourth-order valence-electron chi connectivity index (χ4n) is 4.04. The summed E-state index contributed by atoms with van der Waals surface area (Å²) in [6.45, 7) is 3.72. The predicted octanol–water partition coefficient (Wildman–Crippen LogP) is 4.90. The van der Waals surface area contributed by atoms with Crippen molar-refractivity contribution in [1.82, 2.24) is 0 Å². The molecule has 1 fully saturated rings. The highest BCUT2D eigenvalue weighted by Crippen LogP contribution is 2.35. The second-order valence-corrected chi connectivity index (χ2v) is 9.97. The van der Waals surface area contributed by atoms with Gasteiger partial charge in [-0.25, -0.2) is 14.4 Å². The number of carbonyl (C=O) groups excluding carboxylic acids is 4. The van der Waals surface area contributed by atoms with Crippen molar-refractivity contribution in [1.29, 1.82) is 0 Å². The van der Waals surface area contributed by atoms with Gasteiger partial charge in [-0.2, -0.15) is 0 Å². The van der Waals surface area contributed by atoms with Crippen LogP contribution >= 0.6 is 11.8 Å². The molecule has 8 nitrogen and oxygen atoms in total. The van der Waals surface area contributed by atoms with Crippen LogP contribution in [-0.4, -0.2) is 59.8 Å². The number of thioether (sulfide) groups is 1. The number of carbonyl (C=O) groups is 4. The molecule has 0 aromatic heterocycles. The first-order chi connectivity index (χ1) is 19.5. The Morgan fingerprint density at radius 1 is 0.700 bits per heavy atom. The Kier molecular flexibility index (Phi) is 10.3. The maximum atomic E-state index is 13.2. The summed E-state index contributed by atoms with van der Waals surface area (Å²) in [6.07, 6.45) is -2.47. The van der Waals surface area contributed by atoms with Crippen molar-refractivity contribution >= 4 is 36.0 Å². The summed E-state index contributed by atoms with van der Waals surface area (Å²) in [5.41, 5.74) is -0.196. The van der Waals surface area contributed by atoms with Gasteiger partial charge in [0.1, 0.15) is 5.44 Å². The lowest BCUT2D eigenvalue weighted by Crippen LogP contribution is -2.61. The normalized spacial score (nSPS) is 21.9. The predicted molar refractivity (Wildman–Crippen MR) is 149 cm³/mol. The van der Waals surface area contributed by atoms with E-state index < -0.39 is 47.8 Å². The quantitative estimate of drug-likeness (QED) is 0.106. The Morgan fingerprint density at radius 3 is 1.55 bits per heavy atom. The highest BCUT2D eigenvalue weighted by atomic mass is 32.2. The minimum absolute atomic E-state index is 0.223. The summed E-state index contributed by atoms with van der Waals surface area (Å²) < 4.78 is 23.5. The lowest BCUT2D eigenvalue weighted by atomic mass is 9.99. The first kappa shape index (κ1) is 28.8. The molecule has 3 aromatic carbocycles. The molecule has 0 bridgehead atoms. The lowest BCUT2D eigenvalue weighted by Gasteiger charge is -2.43. The number of hydrogen-bond acceptors (Lipinski definition) is 9. The lowest BCUT2D eigenvalue weighted by molar-refractivity contribution is -0.195. The van der Waals surface area contributed by atoms with Crippen LogP contribution in [0.1, 0.15) is 37.5 Å². The van der Waals surface area contributed by atoms with E-state index in [0.29, 0.717) is 18.5 Å². The van der Waals surface area contributed by atoms with E-state index in [9.17, 15) is 19.2 Å². The fourth-order valence-corrected chi connectivity index (χ4v) is 5.18. The molecule has 0 radical (unpaired) electrons. The van der Waals surface area contributed by atoms with Crippen molar-refractivity contribution in [2.45, 2.75) is 36.3 Å².